The summed E-state index contributed by atoms with van der Waals surface area (Å²) in [5.41, 5.74) is -0.358. The minimum absolute atomic E-state index is 0.00605. The molecule has 7 heteroatoms. The van der Waals surface area contributed by atoms with Crippen LogP contribution < -0.4 is 0 Å². The fourth-order valence-electron chi connectivity index (χ4n) is 3.18. The van der Waals surface area contributed by atoms with Crippen LogP contribution in [0, 0.1) is 6.92 Å². The van der Waals surface area contributed by atoms with Gasteiger partial charge in [-0.05, 0) is 19.8 Å². The molecule has 110 valence electrons. The molecular weight excluding hydrogens is 262 g/mol. The molecule has 1 amide bonds. The Hall–Kier alpha value is -1.47. The number of fused-ring (bicyclic) bond motifs is 1. The van der Waals surface area contributed by atoms with Crippen LogP contribution in [0.25, 0.3) is 0 Å². The normalized spacial score (nSPS) is 29.5. The summed E-state index contributed by atoms with van der Waals surface area (Å²) in [7, 11) is 1.53. The Kier molecular flexibility index (Phi) is 3.47. The molecule has 2 aliphatic rings. The van der Waals surface area contributed by atoms with Gasteiger partial charge in [0.15, 0.2) is 5.82 Å². The van der Waals surface area contributed by atoms with Gasteiger partial charge in [-0.25, -0.2) is 0 Å². The Balaban J connectivity index is 1.87. The van der Waals surface area contributed by atoms with Crippen molar-refractivity contribution in [2.45, 2.75) is 31.3 Å². The second-order valence-electron chi connectivity index (χ2n) is 5.45. The summed E-state index contributed by atoms with van der Waals surface area (Å²) in [6.07, 6.45) is 1.64. The molecule has 0 aromatic carbocycles. The number of hydrogen-bond donors (Lipinski definition) is 0. The molecule has 0 N–H and O–H groups in total. The fraction of sp³-hybridized carbons (Fsp3) is 0.769. The number of nitrogens with zero attached hydrogens (tertiary/aromatic N) is 3. The van der Waals surface area contributed by atoms with Crippen LogP contribution in [-0.4, -0.2) is 60.5 Å². The molecule has 7 nitrogen and oxygen atoms in total. The van der Waals surface area contributed by atoms with Crippen molar-refractivity contribution in [3.63, 3.8) is 0 Å². The number of amides is 1. The van der Waals surface area contributed by atoms with Crippen molar-refractivity contribution in [3.8, 4) is 0 Å². The number of rotatable bonds is 3. The number of piperidine rings is 1. The first kappa shape index (κ1) is 13.5. The van der Waals surface area contributed by atoms with Crippen LogP contribution in [-0.2, 0) is 19.7 Å². The average molecular weight is 281 g/mol. The van der Waals surface area contributed by atoms with E-state index in [1.54, 1.807) is 6.92 Å². The minimum atomic E-state index is -0.358. The molecule has 2 atom stereocenters. The van der Waals surface area contributed by atoms with Gasteiger partial charge < -0.3 is 18.9 Å². The Labute approximate surface area is 117 Å². The third-order valence-electron chi connectivity index (χ3n) is 4.19. The molecule has 20 heavy (non-hydrogen) atoms. The van der Waals surface area contributed by atoms with Crippen LogP contribution in [0.4, 0.5) is 0 Å². The maximum atomic E-state index is 12.1. The van der Waals surface area contributed by atoms with Gasteiger partial charge in [0, 0.05) is 26.8 Å². The van der Waals surface area contributed by atoms with Crippen LogP contribution in [0.2, 0.25) is 0 Å². The predicted molar refractivity (Wildman–Crippen MR) is 68.1 cm³/mol. The summed E-state index contributed by atoms with van der Waals surface area (Å²) in [5.74, 6) is 1.20. The monoisotopic (exact) mass is 281 g/mol. The third kappa shape index (κ3) is 2.10. The molecule has 0 saturated carbocycles. The highest BCUT2D eigenvalue weighted by Crippen LogP contribution is 2.42. The zero-order valence-corrected chi connectivity index (χ0v) is 11.8. The lowest BCUT2D eigenvalue weighted by atomic mass is 9.76. The van der Waals surface area contributed by atoms with Crippen molar-refractivity contribution >= 4 is 5.91 Å². The highest BCUT2D eigenvalue weighted by molar-refractivity contribution is 5.77. The van der Waals surface area contributed by atoms with Gasteiger partial charge in [-0.2, -0.15) is 4.98 Å². The number of ether oxygens (including phenoxy) is 2. The number of carbonyl (C=O) groups is 1. The van der Waals surface area contributed by atoms with Gasteiger partial charge in [-0.1, -0.05) is 5.16 Å². The van der Waals surface area contributed by atoms with Crippen molar-refractivity contribution < 1.29 is 18.8 Å². The van der Waals surface area contributed by atoms with Crippen LogP contribution in [0.15, 0.2) is 4.52 Å². The maximum Gasteiger partial charge on any atom is 0.248 e. The molecule has 2 aliphatic heterocycles. The highest BCUT2D eigenvalue weighted by atomic mass is 16.5. The van der Waals surface area contributed by atoms with Crippen LogP contribution in [0.1, 0.15) is 24.6 Å². The van der Waals surface area contributed by atoms with Crippen molar-refractivity contribution in [1.82, 2.24) is 15.0 Å². The predicted octanol–water partition coefficient (Wildman–Crippen LogP) is 0.283. The molecule has 0 spiro atoms. The summed E-state index contributed by atoms with van der Waals surface area (Å²) in [6.45, 7) is 3.80. The van der Waals surface area contributed by atoms with Gasteiger partial charge in [0.25, 0.3) is 0 Å². The van der Waals surface area contributed by atoms with E-state index in [2.05, 4.69) is 10.1 Å². The Bertz CT molecular complexity index is 504. The summed E-state index contributed by atoms with van der Waals surface area (Å²) >= 11 is 0. The lowest BCUT2D eigenvalue weighted by Crippen LogP contribution is -2.54. The Morgan fingerprint density at radius 3 is 3.15 bits per heavy atom. The molecule has 0 aliphatic carbocycles. The molecule has 3 heterocycles. The zero-order chi connectivity index (χ0) is 14.2. The molecule has 0 radical (unpaired) electrons. The molecular formula is C13H19N3O4. The first-order valence-electron chi connectivity index (χ1n) is 6.85. The maximum absolute atomic E-state index is 12.1. The first-order valence-corrected chi connectivity index (χ1v) is 6.85. The smallest absolute Gasteiger partial charge is 0.248 e. The summed E-state index contributed by atoms with van der Waals surface area (Å²) in [6, 6.07) is 0. The summed E-state index contributed by atoms with van der Waals surface area (Å²) in [5, 5.41) is 3.88. The zero-order valence-electron chi connectivity index (χ0n) is 11.8. The Morgan fingerprint density at radius 2 is 2.45 bits per heavy atom. The lowest BCUT2D eigenvalue weighted by molar-refractivity contribution is -0.139. The second kappa shape index (κ2) is 5.14. The fourth-order valence-corrected chi connectivity index (χ4v) is 3.18. The largest absolute Gasteiger partial charge is 0.377 e. The average Bonchev–Trinajstić information content (AvgIpc) is 3.04. The van der Waals surface area contributed by atoms with E-state index in [4.69, 9.17) is 14.0 Å². The van der Waals surface area contributed by atoms with E-state index in [-0.39, 0.29) is 24.0 Å². The lowest BCUT2D eigenvalue weighted by Gasteiger charge is -2.41. The number of carbonyl (C=O) groups excluding carboxylic acids is 1. The Morgan fingerprint density at radius 1 is 1.60 bits per heavy atom. The molecule has 2 saturated heterocycles. The van der Waals surface area contributed by atoms with Gasteiger partial charge in [-0.3, -0.25) is 4.79 Å². The molecule has 1 aromatic rings. The molecule has 3 rings (SSSR count). The van der Waals surface area contributed by atoms with Crippen molar-refractivity contribution in [2.24, 2.45) is 0 Å². The van der Waals surface area contributed by atoms with Crippen LogP contribution >= 0.6 is 0 Å². The number of methoxy groups -OCH3 is 1. The van der Waals surface area contributed by atoms with Crippen molar-refractivity contribution in [3.05, 3.63) is 11.7 Å². The number of aryl methyl sites for hydroxylation is 1. The molecule has 1 aromatic heterocycles. The summed E-state index contributed by atoms with van der Waals surface area (Å²) in [4.78, 5) is 18.3. The van der Waals surface area contributed by atoms with E-state index in [0.29, 0.717) is 31.4 Å². The van der Waals surface area contributed by atoms with Crippen molar-refractivity contribution in [2.75, 3.05) is 33.4 Å². The SMILES string of the molecule is COCC(=O)N1CC[C@H]2OCC[C@@]2(c2nc(C)no2)C1. The minimum Gasteiger partial charge on any atom is -0.377 e. The quantitative estimate of drug-likeness (QED) is 0.792. The molecule has 0 bridgehead atoms. The number of hydrogen-bond acceptors (Lipinski definition) is 6. The van der Waals surface area contributed by atoms with Crippen molar-refractivity contribution in [1.29, 1.82) is 0 Å². The highest BCUT2D eigenvalue weighted by Gasteiger charge is 2.53. The van der Waals surface area contributed by atoms with Gasteiger partial charge in [0.1, 0.15) is 6.61 Å². The molecule has 2 fully saturated rings. The van der Waals surface area contributed by atoms with Crippen LogP contribution in [0.3, 0.4) is 0 Å². The molecule has 0 unspecified atom stereocenters. The van der Waals surface area contributed by atoms with Gasteiger partial charge >= 0.3 is 0 Å². The standard InChI is InChI=1S/C13H19N3O4/c1-9-14-12(20-15-9)13-4-6-19-10(13)3-5-16(8-13)11(17)7-18-2/h10H,3-8H2,1-2H3/t10-,13-/m1/s1. The van der Waals surface area contributed by atoms with E-state index in [1.807, 2.05) is 4.90 Å². The van der Waals surface area contributed by atoms with E-state index in [1.165, 1.54) is 7.11 Å². The van der Waals surface area contributed by atoms with E-state index in [9.17, 15) is 4.79 Å². The van der Waals surface area contributed by atoms with Gasteiger partial charge in [0.05, 0.1) is 11.5 Å². The van der Waals surface area contributed by atoms with Crippen LogP contribution in [0.5, 0.6) is 0 Å². The van der Waals surface area contributed by atoms with Gasteiger partial charge in [-0.15, -0.1) is 0 Å². The number of aromatic nitrogens is 2. The third-order valence-corrected chi connectivity index (χ3v) is 4.19. The van der Waals surface area contributed by atoms with E-state index >= 15 is 0 Å². The first-order chi connectivity index (χ1) is 9.65. The van der Waals surface area contributed by atoms with E-state index < -0.39 is 0 Å². The van der Waals surface area contributed by atoms with Gasteiger partial charge in [0.2, 0.25) is 11.8 Å². The summed E-state index contributed by atoms with van der Waals surface area (Å²) < 4.78 is 16.1. The topological polar surface area (TPSA) is 77.7 Å². The second-order valence-corrected chi connectivity index (χ2v) is 5.45. The van der Waals surface area contributed by atoms with E-state index in [0.717, 1.165) is 12.8 Å². The number of likely N-dealkylation sites (tertiary alicyclic amines) is 1.